The number of aryl methyl sites for hydroxylation is 1. The van der Waals surface area contributed by atoms with Gasteiger partial charge in [0.2, 0.25) is 0 Å². The maximum atomic E-state index is 13.0. The van der Waals surface area contributed by atoms with E-state index in [9.17, 15) is 9.18 Å². The van der Waals surface area contributed by atoms with Gasteiger partial charge in [-0.05, 0) is 36.8 Å². The highest BCUT2D eigenvalue weighted by molar-refractivity contribution is 6.33. The molecule has 1 heterocycles. The summed E-state index contributed by atoms with van der Waals surface area (Å²) in [5.41, 5.74) is 2.55. The van der Waals surface area contributed by atoms with Crippen molar-refractivity contribution in [3.8, 4) is 5.69 Å². The summed E-state index contributed by atoms with van der Waals surface area (Å²) in [7, 11) is 1.68. The second-order valence-electron chi connectivity index (χ2n) is 5.79. The van der Waals surface area contributed by atoms with Gasteiger partial charge in [-0.25, -0.2) is 9.07 Å². The Bertz CT molecular complexity index is 891. The van der Waals surface area contributed by atoms with Crippen molar-refractivity contribution in [3.63, 3.8) is 0 Å². The van der Waals surface area contributed by atoms with E-state index < -0.39 is 0 Å². The summed E-state index contributed by atoms with van der Waals surface area (Å²) < 4.78 is 14.6. The maximum absolute atomic E-state index is 13.0. The van der Waals surface area contributed by atoms with Crippen LogP contribution in [0, 0.1) is 12.7 Å². The average Bonchev–Trinajstić information content (AvgIpc) is 2.91. The van der Waals surface area contributed by atoms with Crippen LogP contribution in [0.1, 0.15) is 21.6 Å². The first-order chi connectivity index (χ1) is 12.0. The highest BCUT2D eigenvalue weighted by Crippen LogP contribution is 2.25. The van der Waals surface area contributed by atoms with Gasteiger partial charge in [0.1, 0.15) is 11.0 Å². The number of amides is 1. The lowest BCUT2D eigenvalue weighted by atomic mass is 10.2. The lowest BCUT2D eigenvalue weighted by molar-refractivity contribution is 0.0784. The van der Waals surface area contributed by atoms with Crippen LogP contribution in [0.25, 0.3) is 5.69 Å². The van der Waals surface area contributed by atoms with Gasteiger partial charge in [-0.15, -0.1) is 0 Å². The fourth-order valence-corrected chi connectivity index (χ4v) is 2.96. The Balaban J connectivity index is 1.87. The quantitative estimate of drug-likeness (QED) is 0.700. The third-order valence-electron chi connectivity index (χ3n) is 3.90. The number of hydrogen-bond acceptors (Lipinski definition) is 2. The standard InChI is InChI=1S/C19H17ClFN3O/c1-13-17(18(20)24(22-13)16-6-4-3-5-7-16)19(25)23(2)12-14-8-10-15(21)11-9-14/h3-11H,12H2,1-2H3. The number of carbonyl (C=O) groups is 1. The summed E-state index contributed by atoms with van der Waals surface area (Å²) >= 11 is 6.43. The first kappa shape index (κ1) is 17.2. The van der Waals surface area contributed by atoms with E-state index in [4.69, 9.17) is 11.6 Å². The molecule has 2 aromatic carbocycles. The van der Waals surface area contributed by atoms with Gasteiger partial charge in [0.25, 0.3) is 5.91 Å². The smallest absolute Gasteiger partial charge is 0.258 e. The zero-order chi connectivity index (χ0) is 18.0. The van der Waals surface area contributed by atoms with E-state index in [0.29, 0.717) is 17.8 Å². The average molecular weight is 358 g/mol. The minimum atomic E-state index is -0.305. The minimum Gasteiger partial charge on any atom is -0.337 e. The molecule has 0 atom stereocenters. The summed E-state index contributed by atoms with van der Waals surface area (Å²) in [5.74, 6) is -0.533. The minimum absolute atomic E-state index is 0.228. The van der Waals surface area contributed by atoms with Gasteiger partial charge in [-0.2, -0.15) is 5.10 Å². The number of aromatic nitrogens is 2. The first-order valence-corrected chi connectivity index (χ1v) is 8.15. The predicted molar refractivity (Wildman–Crippen MR) is 95.5 cm³/mol. The Kier molecular flexibility index (Phi) is 4.86. The number of rotatable bonds is 4. The molecule has 1 aromatic heterocycles. The molecule has 0 unspecified atom stereocenters. The lowest BCUT2D eigenvalue weighted by Crippen LogP contribution is -2.26. The van der Waals surface area contributed by atoms with Gasteiger partial charge in [0.15, 0.2) is 0 Å². The van der Waals surface area contributed by atoms with Crippen molar-refractivity contribution in [2.45, 2.75) is 13.5 Å². The topological polar surface area (TPSA) is 38.1 Å². The molecule has 1 amide bonds. The van der Waals surface area contributed by atoms with E-state index in [1.807, 2.05) is 30.3 Å². The van der Waals surface area contributed by atoms with E-state index in [0.717, 1.165) is 11.3 Å². The van der Waals surface area contributed by atoms with Gasteiger partial charge in [-0.1, -0.05) is 41.9 Å². The highest BCUT2D eigenvalue weighted by atomic mass is 35.5. The molecule has 6 heteroatoms. The molecule has 0 saturated carbocycles. The van der Waals surface area contributed by atoms with Crippen LogP contribution in [-0.2, 0) is 6.54 Å². The number of benzene rings is 2. The first-order valence-electron chi connectivity index (χ1n) is 7.78. The van der Waals surface area contributed by atoms with Gasteiger partial charge < -0.3 is 4.90 Å². The third kappa shape index (κ3) is 3.56. The number of nitrogens with zero attached hydrogens (tertiary/aromatic N) is 3. The zero-order valence-electron chi connectivity index (χ0n) is 13.9. The van der Waals surface area contributed by atoms with Crippen molar-refractivity contribution >= 4 is 17.5 Å². The molecule has 0 aliphatic carbocycles. The molecule has 3 rings (SSSR count). The van der Waals surface area contributed by atoms with E-state index in [2.05, 4.69) is 5.10 Å². The second kappa shape index (κ2) is 7.07. The van der Waals surface area contributed by atoms with Crippen LogP contribution in [0.4, 0.5) is 4.39 Å². The molecule has 0 fully saturated rings. The predicted octanol–water partition coefficient (Wildman–Crippen LogP) is 4.25. The Morgan fingerprint density at radius 3 is 2.44 bits per heavy atom. The van der Waals surface area contributed by atoms with Crippen molar-refractivity contribution in [2.75, 3.05) is 7.05 Å². The highest BCUT2D eigenvalue weighted by Gasteiger charge is 2.23. The van der Waals surface area contributed by atoms with Crippen molar-refractivity contribution < 1.29 is 9.18 Å². The fraction of sp³-hybridized carbons (Fsp3) is 0.158. The monoisotopic (exact) mass is 357 g/mol. The maximum Gasteiger partial charge on any atom is 0.258 e. The molecule has 128 valence electrons. The summed E-state index contributed by atoms with van der Waals surface area (Å²) in [4.78, 5) is 14.4. The lowest BCUT2D eigenvalue weighted by Gasteiger charge is -2.17. The molecule has 4 nitrogen and oxygen atoms in total. The molecular weight excluding hydrogens is 341 g/mol. The Morgan fingerprint density at radius 1 is 1.16 bits per heavy atom. The van der Waals surface area contributed by atoms with Crippen LogP contribution in [0.15, 0.2) is 54.6 Å². The number of halogens is 2. The van der Waals surface area contributed by atoms with Crippen molar-refractivity contribution in [1.29, 1.82) is 0 Å². The van der Waals surface area contributed by atoms with Crippen molar-refractivity contribution in [2.24, 2.45) is 0 Å². The molecule has 0 radical (unpaired) electrons. The van der Waals surface area contributed by atoms with E-state index in [1.165, 1.54) is 12.1 Å². The van der Waals surface area contributed by atoms with Crippen LogP contribution in [0.3, 0.4) is 0 Å². The van der Waals surface area contributed by atoms with E-state index in [1.54, 1.807) is 35.7 Å². The van der Waals surface area contributed by atoms with Crippen LogP contribution in [-0.4, -0.2) is 27.6 Å². The van der Waals surface area contributed by atoms with Gasteiger partial charge in [0, 0.05) is 13.6 Å². The Hall–Kier alpha value is -2.66. The molecule has 0 bridgehead atoms. The normalized spacial score (nSPS) is 10.7. The van der Waals surface area contributed by atoms with Gasteiger partial charge >= 0.3 is 0 Å². The summed E-state index contributed by atoms with van der Waals surface area (Å²) in [6.45, 7) is 2.11. The van der Waals surface area contributed by atoms with Crippen LogP contribution in [0.2, 0.25) is 5.15 Å². The fourth-order valence-electron chi connectivity index (χ4n) is 2.61. The Labute approximate surface area is 150 Å². The second-order valence-corrected chi connectivity index (χ2v) is 6.14. The number of carbonyl (C=O) groups excluding carboxylic acids is 1. The molecule has 0 N–H and O–H groups in total. The molecule has 0 aliphatic heterocycles. The van der Waals surface area contributed by atoms with Crippen LogP contribution >= 0.6 is 11.6 Å². The summed E-state index contributed by atoms with van der Waals surface area (Å²) in [6, 6.07) is 15.5. The molecule has 0 spiro atoms. The molecule has 0 aliphatic rings. The van der Waals surface area contributed by atoms with E-state index in [-0.39, 0.29) is 16.9 Å². The SMILES string of the molecule is Cc1nn(-c2ccccc2)c(Cl)c1C(=O)N(C)Cc1ccc(F)cc1. The molecule has 25 heavy (non-hydrogen) atoms. The van der Waals surface area contributed by atoms with E-state index >= 15 is 0 Å². The summed E-state index contributed by atoms with van der Waals surface area (Å²) in [6.07, 6.45) is 0. The largest absolute Gasteiger partial charge is 0.337 e. The number of hydrogen-bond donors (Lipinski definition) is 0. The van der Waals surface area contributed by atoms with Gasteiger partial charge in [-0.3, -0.25) is 4.79 Å². The molecule has 0 saturated heterocycles. The van der Waals surface area contributed by atoms with Crippen LogP contribution < -0.4 is 0 Å². The van der Waals surface area contributed by atoms with Crippen molar-refractivity contribution in [3.05, 3.63) is 82.4 Å². The summed E-state index contributed by atoms with van der Waals surface area (Å²) in [5, 5.41) is 4.67. The van der Waals surface area contributed by atoms with Crippen LogP contribution in [0.5, 0.6) is 0 Å². The molecule has 3 aromatic rings. The Morgan fingerprint density at radius 2 is 1.80 bits per heavy atom. The van der Waals surface area contributed by atoms with Crippen molar-refractivity contribution in [1.82, 2.24) is 14.7 Å². The number of para-hydroxylation sites is 1. The molecular formula is C19H17ClFN3O. The zero-order valence-corrected chi connectivity index (χ0v) is 14.7. The van der Waals surface area contributed by atoms with Gasteiger partial charge in [0.05, 0.1) is 16.9 Å². The third-order valence-corrected chi connectivity index (χ3v) is 4.25.